The number of anilines is 1. The van der Waals surface area contributed by atoms with E-state index in [1.54, 1.807) is 12.1 Å². The van der Waals surface area contributed by atoms with E-state index in [4.69, 9.17) is 10.4 Å². The maximum absolute atomic E-state index is 11.9. The smallest absolute Gasteiger partial charge is 0.332 e. The molecule has 1 saturated heterocycles. The number of nitrogens with zero attached hydrogens (tertiary/aromatic N) is 3. The van der Waals surface area contributed by atoms with E-state index in [1.165, 1.54) is 12.1 Å². The second-order valence-electron chi connectivity index (χ2n) is 3.92. The Labute approximate surface area is 108 Å². The predicted octanol–water partition coefficient (Wildman–Crippen LogP) is 0.411. The predicted molar refractivity (Wildman–Crippen MR) is 63.2 cm³/mol. The summed E-state index contributed by atoms with van der Waals surface area (Å²) in [6.45, 7) is -0.805. The van der Waals surface area contributed by atoms with Gasteiger partial charge in [-0.1, -0.05) is 6.07 Å². The summed E-state index contributed by atoms with van der Waals surface area (Å²) in [6.07, 6.45) is 0. The number of benzene rings is 1. The van der Waals surface area contributed by atoms with Crippen molar-refractivity contribution in [3.63, 3.8) is 0 Å². The fraction of sp³-hybridized carbons (Fsp3) is 0.167. The molecule has 0 atom stereocenters. The molecule has 19 heavy (non-hydrogen) atoms. The monoisotopic (exact) mass is 259 g/mol. The first-order valence-corrected chi connectivity index (χ1v) is 5.36. The van der Waals surface area contributed by atoms with E-state index in [2.05, 4.69) is 0 Å². The molecule has 0 bridgehead atoms. The summed E-state index contributed by atoms with van der Waals surface area (Å²) in [6, 6.07) is 7.23. The molecule has 7 heteroatoms. The molecule has 0 radical (unpaired) electrons. The summed E-state index contributed by atoms with van der Waals surface area (Å²) in [7, 11) is 0. The summed E-state index contributed by atoms with van der Waals surface area (Å²) in [5.41, 5.74) is 0.580. The molecular weight excluding hydrogens is 250 g/mol. The van der Waals surface area contributed by atoms with Crippen LogP contribution < -0.4 is 4.90 Å². The summed E-state index contributed by atoms with van der Waals surface area (Å²) < 4.78 is 0. The van der Waals surface area contributed by atoms with Gasteiger partial charge in [0, 0.05) is 0 Å². The molecule has 1 aromatic rings. The number of imide groups is 1. The lowest BCUT2D eigenvalue weighted by Crippen LogP contribution is -2.35. The van der Waals surface area contributed by atoms with Crippen LogP contribution in [-0.4, -0.2) is 41.0 Å². The average molecular weight is 259 g/mol. The first kappa shape index (κ1) is 12.6. The summed E-state index contributed by atoms with van der Waals surface area (Å²) in [5, 5.41) is 17.4. The van der Waals surface area contributed by atoms with Gasteiger partial charge >= 0.3 is 12.0 Å². The molecule has 0 aromatic heterocycles. The number of carboxylic acids is 1. The molecule has 1 fully saturated rings. The van der Waals surface area contributed by atoms with Gasteiger partial charge in [-0.15, -0.1) is 0 Å². The number of hydrogen-bond donors (Lipinski definition) is 1. The fourth-order valence-electron chi connectivity index (χ4n) is 1.81. The molecule has 0 saturated carbocycles. The van der Waals surface area contributed by atoms with Gasteiger partial charge in [0.25, 0.3) is 5.91 Å². The molecule has 96 valence electrons. The minimum atomic E-state index is -1.19. The van der Waals surface area contributed by atoms with Crippen molar-refractivity contribution >= 4 is 23.6 Å². The van der Waals surface area contributed by atoms with Crippen LogP contribution in [0.4, 0.5) is 10.5 Å². The lowest BCUT2D eigenvalue weighted by molar-refractivity contribution is -0.137. The largest absolute Gasteiger partial charge is 0.480 e. The van der Waals surface area contributed by atoms with E-state index in [0.29, 0.717) is 5.56 Å². The van der Waals surface area contributed by atoms with E-state index >= 15 is 0 Å². The quantitative estimate of drug-likeness (QED) is 0.792. The van der Waals surface area contributed by atoms with Gasteiger partial charge in [-0.05, 0) is 18.2 Å². The maximum Gasteiger partial charge on any atom is 0.332 e. The third-order valence-electron chi connectivity index (χ3n) is 2.60. The van der Waals surface area contributed by atoms with Crippen molar-refractivity contribution in [1.29, 1.82) is 5.26 Å². The molecule has 3 amide bonds. The van der Waals surface area contributed by atoms with Crippen molar-refractivity contribution in [2.45, 2.75) is 0 Å². The first-order chi connectivity index (χ1) is 9.02. The highest BCUT2D eigenvalue weighted by Crippen LogP contribution is 2.22. The van der Waals surface area contributed by atoms with Crippen LogP contribution in [0, 0.1) is 11.3 Å². The Hall–Kier alpha value is -2.88. The molecule has 1 aromatic carbocycles. The SMILES string of the molecule is N#Cc1cccc(N2C(=O)CN(CC(=O)O)C2=O)c1. The molecule has 1 N–H and O–H groups in total. The Morgan fingerprint density at radius 3 is 2.79 bits per heavy atom. The summed E-state index contributed by atoms with van der Waals surface area (Å²) in [4.78, 5) is 36.1. The molecule has 1 aliphatic heterocycles. The van der Waals surface area contributed by atoms with Crippen molar-refractivity contribution in [3.05, 3.63) is 29.8 Å². The highest BCUT2D eigenvalue weighted by Gasteiger charge is 2.37. The van der Waals surface area contributed by atoms with E-state index in [0.717, 1.165) is 9.80 Å². The van der Waals surface area contributed by atoms with Gasteiger partial charge in [0.15, 0.2) is 0 Å². The molecule has 1 heterocycles. The number of carbonyl (C=O) groups excluding carboxylic acids is 2. The van der Waals surface area contributed by atoms with Gasteiger partial charge < -0.3 is 10.0 Å². The molecule has 0 unspecified atom stereocenters. The van der Waals surface area contributed by atoms with Gasteiger partial charge in [0.1, 0.15) is 13.1 Å². The zero-order valence-electron chi connectivity index (χ0n) is 9.74. The van der Waals surface area contributed by atoms with Crippen LogP contribution in [0.15, 0.2) is 24.3 Å². The van der Waals surface area contributed by atoms with Crippen molar-refractivity contribution in [2.24, 2.45) is 0 Å². The Balaban J connectivity index is 2.30. The zero-order valence-corrected chi connectivity index (χ0v) is 9.74. The Bertz CT molecular complexity index is 605. The van der Waals surface area contributed by atoms with Gasteiger partial charge in [-0.25, -0.2) is 9.69 Å². The lowest BCUT2D eigenvalue weighted by Gasteiger charge is -2.15. The van der Waals surface area contributed by atoms with E-state index in [9.17, 15) is 14.4 Å². The van der Waals surface area contributed by atoms with Crippen LogP contribution in [0.25, 0.3) is 0 Å². The number of rotatable bonds is 3. The second kappa shape index (κ2) is 4.78. The molecule has 1 aliphatic rings. The van der Waals surface area contributed by atoms with Gasteiger partial charge in [0.05, 0.1) is 17.3 Å². The standard InChI is InChI=1S/C12H9N3O4/c13-5-8-2-1-3-9(4-8)15-10(16)6-14(12(15)19)7-11(17)18/h1-4H,6-7H2,(H,17,18). The van der Waals surface area contributed by atoms with Crippen LogP contribution in [0.3, 0.4) is 0 Å². The van der Waals surface area contributed by atoms with Gasteiger partial charge in [-0.3, -0.25) is 9.59 Å². The van der Waals surface area contributed by atoms with Crippen LogP contribution in [0.2, 0.25) is 0 Å². The Kier molecular flexibility index (Phi) is 3.16. The first-order valence-electron chi connectivity index (χ1n) is 5.36. The summed E-state index contributed by atoms with van der Waals surface area (Å²) in [5.74, 6) is -1.70. The lowest BCUT2D eigenvalue weighted by atomic mass is 10.2. The fourth-order valence-corrected chi connectivity index (χ4v) is 1.81. The summed E-state index contributed by atoms with van der Waals surface area (Å²) >= 11 is 0. The third-order valence-corrected chi connectivity index (χ3v) is 2.60. The van der Waals surface area contributed by atoms with Crippen molar-refractivity contribution in [3.8, 4) is 6.07 Å². The van der Waals surface area contributed by atoms with Crippen LogP contribution in [0.1, 0.15) is 5.56 Å². The Morgan fingerprint density at radius 1 is 1.42 bits per heavy atom. The van der Waals surface area contributed by atoms with Crippen LogP contribution in [-0.2, 0) is 9.59 Å². The van der Waals surface area contributed by atoms with Crippen LogP contribution >= 0.6 is 0 Å². The highest BCUT2D eigenvalue weighted by molar-refractivity contribution is 6.20. The number of carbonyl (C=O) groups is 3. The van der Waals surface area contributed by atoms with Crippen molar-refractivity contribution < 1.29 is 19.5 Å². The molecule has 2 rings (SSSR count). The molecule has 7 nitrogen and oxygen atoms in total. The highest BCUT2D eigenvalue weighted by atomic mass is 16.4. The second-order valence-corrected chi connectivity index (χ2v) is 3.92. The maximum atomic E-state index is 11.9. The number of hydrogen-bond acceptors (Lipinski definition) is 4. The average Bonchev–Trinajstić information content (AvgIpc) is 2.64. The zero-order chi connectivity index (χ0) is 14.0. The van der Waals surface area contributed by atoms with Gasteiger partial charge in [-0.2, -0.15) is 5.26 Å². The Morgan fingerprint density at radius 2 is 2.16 bits per heavy atom. The van der Waals surface area contributed by atoms with E-state index < -0.39 is 24.5 Å². The topological polar surface area (TPSA) is 102 Å². The van der Waals surface area contributed by atoms with E-state index in [1.807, 2.05) is 6.07 Å². The number of aliphatic carboxylic acids is 1. The van der Waals surface area contributed by atoms with Crippen LogP contribution in [0.5, 0.6) is 0 Å². The van der Waals surface area contributed by atoms with E-state index in [-0.39, 0.29) is 12.2 Å². The number of urea groups is 1. The molecule has 0 spiro atoms. The van der Waals surface area contributed by atoms with Gasteiger partial charge in [0.2, 0.25) is 0 Å². The molecule has 0 aliphatic carbocycles. The third kappa shape index (κ3) is 2.37. The normalized spacial score (nSPS) is 14.7. The number of amides is 3. The minimum Gasteiger partial charge on any atom is -0.480 e. The molecular formula is C12H9N3O4. The number of nitriles is 1. The van der Waals surface area contributed by atoms with Crippen molar-refractivity contribution in [1.82, 2.24) is 4.90 Å². The minimum absolute atomic E-state index is 0.266. The van der Waals surface area contributed by atoms with Crippen molar-refractivity contribution in [2.75, 3.05) is 18.0 Å². The number of carboxylic acid groups (broad SMARTS) is 1.